The SMILES string of the molecule is COc1ccc(Nc2cc(C)nc(NC3CCS(=O)(=O)C3)n2)cc1. The Hall–Kier alpha value is -2.35. The minimum absolute atomic E-state index is 0.130. The van der Waals surface area contributed by atoms with Gasteiger partial charge in [-0.05, 0) is 37.6 Å². The lowest BCUT2D eigenvalue weighted by Crippen LogP contribution is -2.22. The first-order chi connectivity index (χ1) is 11.4. The third-order valence-electron chi connectivity index (χ3n) is 3.78. The second-order valence-corrected chi connectivity index (χ2v) is 8.04. The quantitative estimate of drug-likeness (QED) is 0.855. The molecule has 2 N–H and O–H groups in total. The average Bonchev–Trinajstić information content (AvgIpc) is 2.86. The Morgan fingerprint density at radius 2 is 1.96 bits per heavy atom. The Morgan fingerprint density at radius 3 is 2.58 bits per heavy atom. The van der Waals surface area contributed by atoms with E-state index < -0.39 is 9.84 Å². The summed E-state index contributed by atoms with van der Waals surface area (Å²) in [4.78, 5) is 8.76. The van der Waals surface area contributed by atoms with E-state index in [-0.39, 0.29) is 17.5 Å². The van der Waals surface area contributed by atoms with Gasteiger partial charge in [-0.3, -0.25) is 0 Å². The lowest BCUT2D eigenvalue weighted by Gasteiger charge is -2.13. The zero-order valence-electron chi connectivity index (χ0n) is 13.6. The van der Waals surface area contributed by atoms with Crippen molar-refractivity contribution in [1.29, 1.82) is 0 Å². The minimum atomic E-state index is -2.94. The van der Waals surface area contributed by atoms with Gasteiger partial charge in [0.1, 0.15) is 11.6 Å². The number of ether oxygens (including phenoxy) is 1. The van der Waals surface area contributed by atoms with Crippen LogP contribution >= 0.6 is 0 Å². The topological polar surface area (TPSA) is 93.2 Å². The van der Waals surface area contributed by atoms with Gasteiger partial charge in [-0.15, -0.1) is 0 Å². The standard InChI is InChI=1S/C16H20N4O3S/c1-11-9-15(18-12-3-5-14(23-2)6-4-12)20-16(17-11)19-13-7-8-24(21,22)10-13/h3-6,9,13H,7-8,10H2,1-2H3,(H2,17,18,19,20). The first-order valence-electron chi connectivity index (χ1n) is 7.67. The first-order valence-corrected chi connectivity index (χ1v) is 9.49. The van der Waals surface area contributed by atoms with Crippen LogP contribution in [-0.4, -0.2) is 43.0 Å². The summed E-state index contributed by atoms with van der Waals surface area (Å²) in [6, 6.07) is 9.21. The highest BCUT2D eigenvalue weighted by Gasteiger charge is 2.28. The predicted molar refractivity (Wildman–Crippen MR) is 93.7 cm³/mol. The molecule has 1 aromatic carbocycles. The zero-order chi connectivity index (χ0) is 17.2. The smallest absolute Gasteiger partial charge is 0.225 e. The summed E-state index contributed by atoms with van der Waals surface area (Å²) >= 11 is 0. The maximum absolute atomic E-state index is 11.6. The molecule has 0 radical (unpaired) electrons. The van der Waals surface area contributed by atoms with Crippen molar-refractivity contribution in [2.45, 2.75) is 19.4 Å². The average molecular weight is 348 g/mol. The Morgan fingerprint density at radius 1 is 1.21 bits per heavy atom. The molecular weight excluding hydrogens is 328 g/mol. The molecule has 1 aliphatic heterocycles. The Balaban J connectivity index is 1.73. The van der Waals surface area contributed by atoms with E-state index >= 15 is 0 Å². The van der Waals surface area contributed by atoms with Crippen molar-refractivity contribution in [2.75, 3.05) is 29.2 Å². The van der Waals surface area contributed by atoms with E-state index in [2.05, 4.69) is 20.6 Å². The van der Waals surface area contributed by atoms with Gasteiger partial charge in [0, 0.05) is 23.5 Å². The molecule has 1 unspecified atom stereocenters. The fraction of sp³-hybridized carbons (Fsp3) is 0.375. The van der Waals surface area contributed by atoms with E-state index in [1.54, 1.807) is 7.11 Å². The van der Waals surface area contributed by atoms with Gasteiger partial charge in [0.15, 0.2) is 9.84 Å². The van der Waals surface area contributed by atoms with E-state index in [0.29, 0.717) is 18.2 Å². The number of anilines is 3. The van der Waals surface area contributed by atoms with Gasteiger partial charge in [0.25, 0.3) is 0 Å². The van der Waals surface area contributed by atoms with Crippen LogP contribution in [0.2, 0.25) is 0 Å². The van der Waals surface area contributed by atoms with Crippen molar-refractivity contribution in [1.82, 2.24) is 9.97 Å². The molecule has 0 saturated carbocycles. The van der Waals surface area contributed by atoms with Crippen molar-refractivity contribution >= 4 is 27.3 Å². The normalized spacial score (nSPS) is 19.0. The Bertz CT molecular complexity index is 822. The van der Waals surface area contributed by atoms with Gasteiger partial charge >= 0.3 is 0 Å². The molecule has 0 spiro atoms. The van der Waals surface area contributed by atoms with E-state index in [1.165, 1.54) is 0 Å². The third-order valence-corrected chi connectivity index (χ3v) is 5.55. The number of nitrogens with one attached hydrogen (secondary N) is 2. The number of aryl methyl sites for hydroxylation is 1. The molecule has 24 heavy (non-hydrogen) atoms. The number of aromatic nitrogens is 2. The van der Waals surface area contributed by atoms with Crippen LogP contribution in [0.25, 0.3) is 0 Å². The van der Waals surface area contributed by atoms with E-state index in [9.17, 15) is 8.42 Å². The number of hydrogen-bond acceptors (Lipinski definition) is 7. The van der Waals surface area contributed by atoms with Crippen molar-refractivity contribution in [3.8, 4) is 5.75 Å². The number of hydrogen-bond donors (Lipinski definition) is 2. The molecule has 1 fully saturated rings. The summed E-state index contributed by atoms with van der Waals surface area (Å²) in [5, 5.41) is 6.33. The molecule has 0 aliphatic carbocycles. The molecule has 1 atom stereocenters. The Kier molecular flexibility index (Phi) is 4.57. The van der Waals surface area contributed by atoms with Gasteiger partial charge in [-0.1, -0.05) is 0 Å². The number of methoxy groups -OCH3 is 1. The molecule has 8 heteroatoms. The van der Waals surface area contributed by atoms with Crippen LogP contribution in [0.4, 0.5) is 17.5 Å². The van der Waals surface area contributed by atoms with Crippen LogP contribution in [0.1, 0.15) is 12.1 Å². The summed E-state index contributed by atoms with van der Waals surface area (Å²) < 4.78 is 28.2. The summed E-state index contributed by atoms with van der Waals surface area (Å²) in [7, 11) is -1.31. The molecule has 2 heterocycles. The molecule has 2 aromatic rings. The molecule has 7 nitrogen and oxygen atoms in total. The predicted octanol–water partition coefficient (Wildman–Crippen LogP) is 2.14. The molecule has 1 aromatic heterocycles. The van der Waals surface area contributed by atoms with Crippen molar-refractivity contribution in [3.05, 3.63) is 36.0 Å². The van der Waals surface area contributed by atoms with E-state index in [4.69, 9.17) is 4.74 Å². The van der Waals surface area contributed by atoms with Gasteiger partial charge in [-0.25, -0.2) is 13.4 Å². The van der Waals surface area contributed by atoms with Crippen molar-refractivity contribution < 1.29 is 13.2 Å². The molecule has 0 amide bonds. The maximum atomic E-state index is 11.6. The van der Waals surface area contributed by atoms with E-state index in [1.807, 2.05) is 37.3 Å². The second kappa shape index (κ2) is 6.64. The maximum Gasteiger partial charge on any atom is 0.225 e. The van der Waals surface area contributed by atoms with Crippen LogP contribution in [0, 0.1) is 6.92 Å². The van der Waals surface area contributed by atoms with Crippen LogP contribution in [-0.2, 0) is 9.84 Å². The lowest BCUT2D eigenvalue weighted by molar-refractivity contribution is 0.415. The van der Waals surface area contributed by atoms with Gasteiger partial charge in [0.05, 0.1) is 18.6 Å². The van der Waals surface area contributed by atoms with Crippen molar-refractivity contribution in [2.24, 2.45) is 0 Å². The van der Waals surface area contributed by atoms with Crippen LogP contribution in [0.3, 0.4) is 0 Å². The highest BCUT2D eigenvalue weighted by Crippen LogP contribution is 2.21. The van der Waals surface area contributed by atoms with Crippen LogP contribution in [0.5, 0.6) is 5.75 Å². The minimum Gasteiger partial charge on any atom is -0.497 e. The number of sulfone groups is 1. The summed E-state index contributed by atoms with van der Waals surface area (Å²) in [6.07, 6.45) is 0.584. The second-order valence-electron chi connectivity index (χ2n) is 5.82. The van der Waals surface area contributed by atoms with Crippen LogP contribution in [0.15, 0.2) is 30.3 Å². The monoisotopic (exact) mass is 348 g/mol. The van der Waals surface area contributed by atoms with Gasteiger partial charge in [-0.2, -0.15) is 4.98 Å². The number of nitrogens with zero attached hydrogens (tertiary/aromatic N) is 2. The fourth-order valence-corrected chi connectivity index (χ4v) is 4.28. The lowest BCUT2D eigenvalue weighted by atomic mass is 10.3. The summed E-state index contributed by atoms with van der Waals surface area (Å²) in [5.74, 6) is 2.22. The Labute approximate surface area is 141 Å². The largest absolute Gasteiger partial charge is 0.497 e. The molecule has 1 aliphatic rings. The third kappa shape index (κ3) is 4.14. The van der Waals surface area contributed by atoms with Gasteiger partial charge in [0.2, 0.25) is 5.95 Å². The highest BCUT2D eigenvalue weighted by molar-refractivity contribution is 7.91. The molecule has 1 saturated heterocycles. The van der Waals surface area contributed by atoms with Crippen molar-refractivity contribution in [3.63, 3.8) is 0 Å². The zero-order valence-corrected chi connectivity index (χ0v) is 14.4. The number of rotatable bonds is 5. The summed E-state index contributed by atoms with van der Waals surface area (Å²) in [5.41, 5.74) is 1.67. The van der Waals surface area contributed by atoms with E-state index in [0.717, 1.165) is 17.1 Å². The summed E-state index contributed by atoms with van der Waals surface area (Å²) in [6.45, 7) is 1.87. The number of benzene rings is 1. The molecule has 128 valence electrons. The van der Waals surface area contributed by atoms with Crippen LogP contribution < -0.4 is 15.4 Å². The molecule has 3 rings (SSSR count). The molecule has 0 bridgehead atoms. The van der Waals surface area contributed by atoms with Gasteiger partial charge < -0.3 is 15.4 Å². The fourth-order valence-electron chi connectivity index (χ4n) is 2.61. The highest BCUT2D eigenvalue weighted by atomic mass is 32.2. The first kappa shape index (κ1) is 16.5. The molecular formula is C16H20N4O3S.